The molecule has 0 aliphatic heterocycles. The number of halogens is 2. The van der Waals surface area contributed by atoms with Crippen molar-refractivity contribution in [1.29, 1.82) is 0 Å². The lowest BCUT2D eigenvalue weighted by molar-refractivity contribution is -0.158. The average Bonchev–Trinajstić information content (AvgIpc) is 3.24. The predicted molar refractivity (Wildman–Crippen MR) is 222 cm³/mol. The number of aliphatic carboxylic acids is 2. The Morgan fingerprint density at radius 3 is 1.54 bits per heavy atom. The highest BCUT2D eigenvalue weighted by Gasteiger charge is 2.44. The van der Waals surface area contributed by atoms with Crippen LogP contribution in [0.1, 0.15) is 148 Å². The molecule has 0 aromatic rings. The van der Waals surface area contributed by atoms with E-state index in [-0.39, 0.29) is 72.0 Å². The number of esters is 2. The molecule has 59 heavy (non-hydrogen) atoms. The SMILES string of the molecule is O=C(OCC1CCCCC1)C1CCC(C(=O)O)C(CONC2CCC(CC3CCC(NC(=O)C4CC(C(=O)OCC5CCCCC5)CCC4C(=O)O)C(Cl)C3)CC2Cl)C1. The number of carboxylic acids is 2. The Bertz CT molecular complexity index is 1410. The number of rotatable bonds is 16. The maximum Gasteiger partial charge on any atom is 0.308 e. The van der Waals surface area contributed by atoms with E-state index in [0.29, 0.717) is 69.0 Å². The van der Waals surface area contributed by atoms with Gasteiger partial charge in [-0.05, 0) is 139 Å². The third-order valence-electron chi connectivity index (χ3n) is 15.1. The van der Waals surface area contributed by atoms with Gasteiger partial charge in [-0.3, -0.25) is 24.0 Å². The molecule has 0 aromatic heterocycles. The molecule has 14 heteroatoms. The first-order chi connectivity index (χ1) is 28.4. The third kappa shape index (κ3) is 13.4. The van der Waals surface area contributed by atoms with Gasteiger partial charge in [0.25, 0.3) is 0 Å². The molecule has 6 aliphatic rings. The van der Waals surface area contributed by atoms with E-state index in [1.54, 1.807) is 0 Å². The van der Waals surface area contributed by atoms with Crippen molar-refractivity contribution in [2.75, 3.05) is 19.8 Å². The minimum Gasteiger partial charge on any atom is -0.481 e. The number of amides is 1. The summed E-state index contributed by atoms with van der Waals surface area (Å²) in [6, 6.07) is -0.339. The van der Waals surface area contributed by atoms with E-state index in [2.05, 4.69) is 10.8 Å². The minimum absolute atomic E-state index is 0.0736. The topological polar surface area (TPSA) is 178 Å². The molecule has 6 fully saturated rings. The van der Waals surface area contributed by atoms with Crippen molar-refractivity contribution in [2.24, 2.45) is 59.2 Å². The van der Waals surface area contributed by atoms with E-state index in [9.17, 15) is 34.2 Å². The third-order valence-corrected chi connectivity index (χ3v) is 16.1. The summed E-state index contributed by atoms with van der Waals surface area (Å²) in [6.07, 6.45) is 19.7. The molecule has 1 amide bonds. The van der Waals surface area contributed by atoms with Crippen molar-refractivity contribution in [2.45, 2.75) is 171 Å². The molecule has 4 N–H and O–H groups in total. The molecule has 0 aromatic carbocycles. The van der Waals surface area contributed by atoms with Crippen LogP contribution in [0.15, 0.2) is 0 Å². The fourth-order valence-corrected chi connectivity index (χ4v) is 12.3. The van der Waals surface area contributed by atoms with Gasteiger partial charge in [-0.15, -0.1) is 23.2 Å². The quantitative estimate of drug-likeness (QED) is 0.0671. The van der Waals surface area contributed by atoms with Gasteiger partial charge >= 0.3 is 23.9 Å². The molecular formula is C45H70Cl2N2O10. The van der Waals surface area contributed by atoms with Crippen molar-refractivity contribution in [3.8, 4) is 0 Å². The van der Waals surface area contributed by atoms with Gasteiger partial charge in [-0.2, -0.15) is 5.48 Å². The molecular weight excluding hydrogens is 799 g/mol. The molecule has 0 radical (unpaired) electrons. The van der Waals surface area contributed by atoms with Crippen LogP contribution in [-0.4, -0.2) is 82.7 Å². The molecule has 12 unspecified atom stereocenters. The van der Waals surface area contributed by atoms with Crippen LogP contribution in [0.5, 0.6) is 0 Å². The lowest BCUT2D eigenvalue weighted by Gasteiger charge is -2.39. The first-order valence-corrected chi connectivity index (χ1v) is 24.1. The van der Waals surface area contributed by atoms with Crippen LogP contribution in [0.3, 0.4) is 0 Å². The molecule has 6 saturated carbocycles. The summed E-state index contributed by atoms with van der Waals surface area (Å²) in [7, 11) is 0. The highest BCUT2D eigenvalue weighted by Crippen LogP contribution is 2.41. The number of carbonyl (C=O) groups is 5. The Labute approximate surface area is 360 Å². The molecule has 12 atom stereocenters. The Morgan fingerprint density at radius 1 is 0.508 bits per heavy atom. The van der Waals surface area contributed by atoms with Crippen molar-refractivity contribution in [3.63, 3.8) is 0 Å². The molecule has 334 valence electrons. The monoisotopic (exact) mass is 868 g/mol. The second-order valence-electron chi connectivity index (χ2n) is 19.3. The second kappa shape index (κ2) is 22.8. The van der Waals surface area contributed by atoms with Gasteiger partial charge in [0, 0.05) is 12.1 Å². The lowest BCUT2D eigenvalue weighted by atomic mass is 9.73. The zero-order valence-corrected chi connectivity index (χ0v) is 36.4. The zero-order valence-electron chi connectivity index (χ0n) is 34.9. The summed E-state index contributed by atoms with van der Waals surface area (Å²) in [6.45, 7) is 1.06. The van der Waals surface area contributed by atoms with Crippen LogP contribution in [0, 0.1) is 59.2 Å². The summed E-state index contributed by atoms with van der Waals surface area (Å²) >= 11 is 13.8. The number of alkyl halides is 2. The first kappa shape index (κ1) is 46.4. The van der Waals surface area contributed by atoms with E-state index in [1.807, 2.05) is 0 Å². The van der Waals surface area contributed by atoms with E-state index in [0.717, 1.165) is 77.0 Å². The predicted octanol–water partition coefficient (Wildman–Crippen LogP) is 8.05. The van der Waals surface area contributed by atoms with Gasteiger partial charge in [0.05, 0.1) is 60.2 Å². The number of hydrogen-bond donors (Lipinski definition) is 4. The van der Waals surface area contributed by atoms with E-state index in [1.165, 1.54) is 25.7 Å². The van der Waals surface area contributed by atoms with Crippen LogP contribution in [0.4, 0.5) is 0 Å². The van der Waals surface area contributed by atoms with Gasteiger partial charge < -0.3 is 29.8 Å². The molecule has 0 saturated heterocycles. The summed E-state index contributed by atoms with van der Waals surface area (Å²) in [4.78, 5) is 69.8. The van der Waals surface area contributed by atoms with E-state index >= 15 is 0 Å². The van der Waals surface area contributed by atoms with Crippen molar-refractivity contribution in [1.82, 2.24) is 10.8 Å². The van der Waals surface area contributed by atoms with Gasteiger partial charge in [-0.1, -0.05) is 38.5 Å². The first-order valence-electron chi connectivity index (χ1n) is 23.2. The second-order valence-corrected chi connectivity index (χ2v) is 20.4. The van der Waals surface area contributed by atoms with E-state index < -0.39 is 35.6 Å². The fourth-order valence-electron chi connectivity index (χ4n) is 11.4. The average molecular weight is 870 g/mol. The van der Waals surface area contributed by atoms with Gasteiger partial charge in [0.2, 0.25) is 5.91 Å². The Balaban J connectivity index is 0.896. The minimum atomic E-state index is -1.01. The smallest absolute Gasteiger partial charge is 0.308 e. The number of hydrogen-bond acceptors (Lipinski definition) is 9. The summed E-state index contributed by atoms with van der Waals surface area (Å²) < 4.78 is 11.4. The summed E-state index contributed by atoms with van der Waals surface area (Å²) in [5, 5.41) is 22.5. The van der Waals surface area contributed by atoms with Crippen molar-refractivity contribution in [3.05, 3.63) is 0 Å². The van der Waals surface area contributed by atoms with Gasteiger partial charge in [0.1, 0.15) is 0 Å². The molecule has 0 spiro atoms. The van der Waals surface area contributed by atoms with Crippen molar-refractivity contribution >= 4 is 53.0 Å². The maximum absolute atomic E-state index is 13.6. The number of carboxylic acid groups (broad SMARTS) is 2. The number of carbonyl (C=O) groups excluding carboxylic acids is 3. The zero-order chi connectivity index (χ0) is 41.9. The number of ether oxygens (including phenoxy) is 2. The van der Waals surface area contributed by atoms with Crippen LogP contribution in [-0.2, 0) is 38.3 Å². The van der Waals surface area contributed by atoms with Crippen LogP contribution >= 0.6 is 23.2 Å². The van der Waals surface area contributed by atoms with Gasteiger partial charge in [-0.25, -0.2) is 0 Å². The van der Waals surface area contributed by atoms with Gasteiger partial charge in [0.15, 0.2) is 0 Å². The number of hydroxylamine groups is 1. The maximum atomic E-state index is 13.6. The largest absolute Gasteiger partial charge is 0.481 e. The summed E-state index contributed by atoms with van der Waals surface area (Å²) in [5.74, 6) is -4.38. The Kier molecular flexibility index (Phi) is 17.9. The van der Waals surface area contributed by atoms with E-state index in [4.69, 9.17) is 37.5 Å². The Morgan fingerprint density at radius 2 is 1.02 bits per heavy atom. The normalized spacial score (nSPS) is 36.2. The lowest BCUT2D eigenvalue weighted by Crippen LogP contribution is -2.50. The molecule has 12 nitrogen and oxygen atoms in total. The molecule has 0 heterocycles. The standard InChI is InChI=1S/C45H70Cl2N2O10/c46-37-20-29(11-17-39(37)48-41(50)36-23-32(14-16-35(36)43(53)54)45(56)58-25-28-9-5-2-6-10-28)19-30-12-18-40(38(47)21-30)49-59-26-33-22-31(13-15-34(33)42(51)52)44(55)57-24-27-7-3-1-4-8-27/h27-40,49H,1-26H2,(H,48,50)(H,51,52)(H,53,54). The highest BCUT2D eigenvalue weighted by atomic mass is 35.5. The number of nitrogens with one attached hydrogen (secondary N) is 2. The highest BCUT2D eigenvalue weighted by molar-refractivity contribution is 6.21. The molecule has 6 aliphatic carbocycles. The molecule has 6 rings (SSSR count). The fraction of sp³-hybridized carbons (Fsp3) is 0.889. The molecule has 0 bridgehead atoms. The van der Waals surface area contributed by atoms with Crippen LogP contribution in [0.2, 0.25) is 0 Å². The van der Waals surface area contributed by atoms with Crippen LogP contribution < -0.4 is 10.8 Å². The Hall–Kier alpha value is -2.15. The summed E-state index contributed by atoms with van der Waals surface area (Å²) in [5.41, 5.74) is 3.15. The van der Waals surface area contributed by atoms with Crippen molar-refractivity contribution < 1.29 is 48.5 Å². The van der Waals surface area contributed by atoms with Crippen LogP contribution in [0.25, 0.3) is 0 Å².